The van der Waals surface area contributed by atoms with Crippen LogP contribution >= 0.6 is 0 Å². The summed E-state index contributed by atoms with van der Waals surface area (Å²) in [5.74, 6) is -0.166. The summed E-state index contributed by atoms with van der Waals surface area (Å²) in [5, 5.41) is 3.02. The topological polar surface area (TPSA) is 73.0 Å². The number of hydrogen-bond donors (Lipinski definition) is 1. The lowest BCUT2D eigenvalue weighted by molar-refractivity contribution is -0.134. The standard InChI is InChI=1S/C26H30N4O3/c31-23(21-9-5-2-6-10-21)29-16-12-22(19-29)30-24(32)26(27-25(30)33)13-17-28(18-14-26)15-11-20-7-3-1-4-8-20/h1-10,22H,11-19H2,(H,27,33). The van der Waals surface area contributed by atoms with Crippen LogP contribution in [0.4, 0.5) is 4.79 Å². The number of piperidine rings is 1. The van der Waals surface area contributed by atoms with Crippen LogP contribution in [0.2, 0.25) is 0 Å². The van der Waals surface area contributed by atoms with Crippen molar-refractivity contribution in [3.63, 3.8) is 0 Å². The molecule has 0 radical (unpaired) electrons. The minimum Gasteiger partial charge on any atom is -0.336 e. The molecule has 3 aliphatic rings. The van der Waals surface area contributed by atoms with Crippen molar-refractivity contribution in [3.05, 3.63) is 71.8 Å². The van der Waals surface area contributed by atoms with Gasteiger partial charge in [-0.3, -0.25) is 14.5 Å². The molecule has 7 heteroatoms. The second kappa shape index (κ2) is 8.98. The summed E-state index contributed by atoms with van der Waals surface area (Å²) in [6.07, 6.45) is 2.86. The maximum atomic E-state index is 13.4. The number of urea groups is 1. The van der Waals surface area contributed by atoms with Crippen LogP contribution in [-0.2, 0) is 11.2 Å². The van der Waals surface area contributed by atoms with Crippen molar-refractivity contribution in [3.8, 4) is 0 Å². The highest BCUT2D eigenvalue weighted by Crippen LogP contribution is 2.32. The van der Waals surface area contributed by atoms with E-state index in [1.807, 2.05) is 24.3 Å². The number of likely N-dealkylation sites (tertiary alicyclic amines) is 2. The molecule has 3 aliphatic heterocycles. The fourth-order valence-electron chi connectivity index (χ4n) is 5.30. The summed E-state index contributed by atoms with van der Waals surface area (Å²) >= 11 is 0. The van der Waals surface area contributed by atoms with E-state index in [1.165, 1.54) is 10.5 Å². The first-order valence-corrected chi connectivity index (χ1v) is 11.8. The van der Waals surface area contributed by atoms with Crippen LogP contribution in [0.15, 0.2) is 60.7 Å². The van der Waals surface area contributed by atoms with Crippen LogP contribution in [-0.4, -0.2) is 76.8 Å². The number of nitrogens with zero attached hydrogens (tertiary/aromatic N) is 3. The van der Waals surface area contributed by atoms with Gasteiger partial charge >= 0.3 is 6.03 Å². The lowest BCUT2D eigenvalue weighted by Gasteiger charge is -2.37. The molecule has 0 saturated carbocycles. The van der Waals surface area contributed by atoms with Crippen LogP contribution in [0.1, 0.15) is 35.2 Å². The summed E-state index contributed by atoms with van der Waals surface area (Å²) in [6.45, 7) is 3.47. The molecule has 5 rings (SSSR count). The highest BCUT2D eigenvalue weighted by atomic mass is 16.2. The second-order valence-corrected chi connectivity index (χ2v) is 9.32. The van der Waals surface area contributed by atoms with Crippen LogP contribution in [0.5, 0.6) is 0 Å². The summed E-state index contributed by atoms with van der Waals surface area (Å²) < 4.78 is 0. The zero-order valence-corrected chi connectivity index (χ0v) is 18.8. The van der Waals surface area contributed by atoms with Crippen molar-refractivity contribution in [2.75, 3.05) is 32.7 Å². The maximum absolute atomic E-state index is 13.4. The first kappa shape index (κ1) is 21.6. The molecule has 3 heterocycles. The number of hydrogen-bond acceptors (Lipinski definition) is 4. The van der Waals surface area contributed by atoms with E-state index in [0.29, 0.717) is 37.9 Å². The Hall–Kier alpha value is -3.19. The third-order valence-electron chi connectivity index (χ3n) is 7.30. The van der Waals surface area contributed by atoms with Crippen LogP contribution in [0, 0.1) is 0 Å². The van der Waals surface area contributed by atoms with E-state index in [0.717, 1.165) is 26.1 Å². The molecule has 1 unspecified atom stereocenters. The predicted octanol–water partition coefficient (Wildman–Crippen LogP) is 2.53. The van der Waals surface area contributed by atoms with Crippen LogP contribution in [0.3, 0.4) is 0 Å². The largest absolute Gasteiger partial charge is 0.336 e. The Bertz CT molecular complexity index is 1020. The molecule has 2 aromatic carbocycles. The van der Waals surface area contributed by atoms with Gasteiger partial charge in [0.2, 0.25) is 0 Å². The van der Waals surface area contributed by atoms with Gasteiger partial charge in [-0.25, -0.2) is 4.79 Å². The molecule has 172 valence electrons. The van der Waals surface area contributed by atoms with Crippen molar-refractivity contribution < 1.29 is 14.4 Å². The minimum atomic E-state index is -0.794. The van der Waals surface area contributed by atoms with Gasteiger partial charge in [0.05, 0.1) is 6.04 Å². The lowest BCUT2D eigenvalue weighted by atomic mass is 9.87. The van der Waals surface area contributed by atoms with E-state index in [-0.39, 0.29) is 23.9 Å². The van der Waals surface area contributed by atoms with Gasteiger partial charge in [-0.15, -0.1) is 0 Å². The van der Waals surface area contributed by atoms with Gasteiger partial charge < -0.3 is 15.1 Å². The zero-order valence-electron chi connectivity index (χ0n) is 18.8. The highest BCUT2D eigenvalue weighted by Gasteiger charge is 2.54. The summed E-state index contributed by atoms with van der Waals surface area (Å²) in [7, 11) is 0. The SMILES string of the molecule is O=C(c1ccccc1)N1CCC(N2C(=O)NC3(CCN(CCc4ccccc4)CC3)C2=O)C1. The number of nitrogens with one attached hydrogen (secondary N) is 1. The molecule has 3 saturated heterocycles. The Kier molecular flexibility index (Phi) is 5.89. The molecule has 0 bridgehead atoms. The molecule has 3 fully saturated rings. The van der Waals surface area contributed by atoms with Gasteiger partial charge in [-0.1, -0.05) is 48.5 Å². The second-order valence-electron chi connectivity index (χ2n) is 9.32. The van der Waals surface area contributed by atoms with Gasteiger partial charge in [0, 0.05) is 38.3 Å². The maximum Gasteiger partial charge on any atom is 0.325 e. The van der Waals surface area contributed by atoms with Crippen molar-refractivity contribution in [1.29, 1.82) is 0 Å². The molecule has 1 spiro atoms. The van der Waals surface area contributed by atoms with E-state index in [9.17, 15) is 14.4 Å². The van der Waals surface area contributed by atoms with Crippen LogP contribution in [0.25, 0.3) is 0 Å². The molecule has 0 aliphatic carbocycles. The fraction of sp³-hybridized carbons (Fsp3) is 0.423. The van der Waals surface area contributed by atoms with Crippen molar-refractivity contribution in [2.45, 2.75) is 37.3 Å². The fourth-order valence-corrected chi connectivity index (χ4v) is 5.30. The summed E-state index contributed by atoms with van der Waals surface area (Å²) in [5.41, 5.74) is 1.15. The highest BCUT2D eigenvalue weighted by molar-refractivity contribution is 6.07. The average molecular weight is 447 g/mol. The first-order chi connectivity index (χ1) is 16.1. The summed E-state index contributed by atoms with van der Waals surface area (Å²) in [6, 6.07) is 19.0. The van der Waals surface area contributed by atoms with E-state index in [4.69, 9.17) is 0 Å². The smallest absolute Gasteiger partial charge is 0.325 e. The van der Waals surface area contributed by atoms with E-state index in [2.05, 4.69) is 34.5 Å². The number of amides is 4. The van der Waals surface area contributed by atoms with Gasteiger partial charge in [0.15, 0.2) is 0 Å². The third-order valence-corrected chi connectivity index (χ3v) is 7.30. The Morgan fingerprint density at radius 2 is 1.61 bits per heavy atom. The molecule has 2 aromatic rings. The molecular formula is C26H30N4O3. The van der Waals surface area contributed by atoms with Gasteiger partial charge in [-0.05, 0) is 43.4 Å². The first-order valence-electron chi connectivity index (χ1n) is 11.8. The molecule has 1 N–H and O–H groups in total. The monoisotopic (exact) mass is 446 g/mol. The molecule has 1 atom stereocenters. The van der Waals surface area contributed by atoms with E-state index >= 15 is 0 Å². The Balaban J connectivity index is 1.18. The minimum absolute atomic E-state index is 0.0495. The average Bonchev–Trinajstić information content (AvgIpc) is 3.42. The normalized spacial score (nSPS) is 22.7. The Morgan fingerprint density at radius 1 is 0.939 bits per heavy atom. The van der Waals surface area contributed by atoms with Gasteiger partial charge in [0.25, 0.3) is 11.8 Å². The molecule has 33 heavy (non-hydrogen) atoms. The van der Waals surface area contributed by atoms with Gasteiger partial charge in [0.1, 0.15) is 5.54 Å². The summed E-state index contributed by atoms with van der Waals surface area (Å²) in [4.78, 5) is 44.6. The number of carbonyl (C=O) groups is 3. The number of imide groups is 1. The van der Waals surface area contributed by atoms with Gasteiger partial charge in [-0.2, -0.15) is 0 Å². The van der Waals surface area contributed by atoms with Crippen molar-refractivity contribution >= 4 is 17.8 Å². The molecular weight excluding hydrogens is 416 g/mol. The van der Waals surface area contributed by atoms with Crippen LogP contribution < -0.4 is 5.32 Å². The van der Waals surface area contributed by atoms with Crippen molar-refractivity contribution in [2.24, 2.45) is 0 Å². The number of benzene rings is 2. The number of rotatable bonds is 5. The predicted molar refractivity (Wildman–Crippen MR) is 125 cm³/mol. The Labute approximate surface area is 194 Å². The van der Waals surface area contributed by atoms with E-state index < -0.39 is 5.54 Å². The quantitative estimate of drug-likeness (QED) is 0.717. The number of carbonyl (C=O) groups excluding carboxylic acids is 3. The zero-order chi connectivity index (χ0) is 22.8. The molecule has 4 amide bonds. The molecule has 0 aromatic heterocycles. The third kappa shape index (κ3) is 4.25. The molecule has 7 nitrogen and oxygen atoms in total. The Morgan fingerprint density at radius 3 is 2.30 bits per heavy atom. The van der Waals surface area contributed by atoms with E-state index in [1.54, 1.807) is 17.0 Å². The lowest BCUT2D eigenvalue weighted by Crippen LogP contribution is -2.55. The van der Waals surface area contributed by atoms with Crippen molar-refractivity contribution in [1.82, 2.24) is 20.0 Å².